The highest BCUT2D eigenvalue weighted by atomic mass is 32.2. The Morgan fingerprint density at radius 1 is 1.10 bits per heavy atom. The Hall–Kier alpha value is -2.62. The predicted molar refractivity (Wildman–Crippen MR) is 111 cm³/mol. The summed E-state index contributed by atoms with van der Waals surface area (Å²) >= 11 is 0.834. The van der Waals surface area contributed by atoms with Gasteiger partial charge in [0.05, 0.1) is 0 Å². The molecule has 1 aliphatic carbocycles. The molecule has 9 heteroatoms. The van der Waals surface area contributed by atoms with Crippen molar-refractivity contribution in [3.8, 4) is 0 Å². The van der Waals surface area contributed by atoms with Crippen molar-refractivity contribution < 1.29 is 13.2 Å². The molecular formula is C20H20N4O3S2. The van der Waals surface area contributed by atoms with Crippen LogP contribution in [-0.2, 0) is 16.4 Å². The largest absolute Gasteiger partial charge is 0.296 e. The molecule has 0 saturated heterocycles. The van der Waals surface area contributed by atoms with Gasteiger partial charge in [-0.3, -0.25) is 10.1 Å². The third-order valence-electron chi connectivity index (χ3n) is 4.91. The van der Waals surface area contributed by atoms with Crippen LogP contribution in [0.15, 0.2) is 52.9 Å². The average molecular weight is 429 g/mol. The Morgan fingerprint density at radius 2 is 1.86 bits per heavy atom. The molecule has 0 radical (unpaired) electrons. The van der Waals surface area contributed by atoms with Crippen LogP contribution in [0.2, 0.25) is 0 Å². The Bertz CT molecular complexity index is 1160. The van der Waals surface area contributed by atoms with Crippen LogP contribution in [0, 0.1) is 6.92 Å². The second kappa shape index (κ2) is 8.02. The highest BCUT2D eigenvalue weighted by Gasteiger charge is 2.28. The van der Waals surface area contributed by atoms with Gasteiger partial charge in [0, 0.05) is 11.6 Å². The SMILES string of the molecule is Cc1ccccc1C(=O)Nc1nnc(S(=O)(=O)NC2CCCc3ccccc32)s1. The van der Waals surface area contributed by atoms with Crippen molar-refractivity contribution >= 4 is 32.4 Å². The van der Waals surface area contributed by atoms with Crippen LogP contribution in [0.3, 0.4) is 0 Å². The molecule has 2 N–H and O–H groups in total. The van der Waals surface area contributed by atoms with Gasteiger partial charge < -0.3 is 0 Å². The first kappa shape index (κ1) is 19.7. The van der Waals surface area contributed by atoms with Gasteiger partial charge in [-0.2, -0.15) is 0 Å². The summed E-state index contributed by atoms with van der Waals surface area (Å²) in [4.78, 5) is 12.4. The number of anilines is 1. The molecule has 0 aliphatic heterocycles. The topological polar surface area (TPSA) is 101 Å². The molecule has 150 valence electrons. The van der Waals surface area contributed by atoms with Gasteiger partial charge in [-0.25, -0.2) is 13.1 Å². The molecule has 1 unspecified atom stereocenters. The molecule has 4 rings (SSSR count). The Morgan fingerprint density at radius 3 is 2.69 bits per heavy atom. The quantitative estimate of drug-likeness (QED) is 0.606. The first-order chi connectivity index (χ1) is 13.9. The maximum Gasteiger partial charge on any atom is 0.270 e. The molecule has 0 spiro atoms. The van der Waals surface area contributed by atoms with E-state index in [0.29, 0.717) is 5.56 Å². The lowest BCUT2D eigenvalue weighted by atomic mass is 9.88. The van der Waals surface area contributed by atoms with Crippen LogP contribution < -0.4 is 10.0 Å². The summed E-state index contributed by atoms with van der Waals surface area (Å²) in [6, 6.07) is 14.7. The fraction of sp³-hybridized carbons (Fsp3) is 0.250. The molecule has 7 nitrogen and oxygen atoms in total. The second-order valence-electron chi connectivity index (χ2n) is 6.91. The van der Waals surface area contributed by atoms with E-state index in [-0.39, 0.29) is 21.4 Å². The number of nitrogens with one attached hydrogen (secondary N) is 2. The van der Waals surface area contributed by atoms with Crippen molar-refractivity contribution in [3.05, 3.63) is 70.8 Å². The van der Waals surface area contributed by atoms with Gasteiger partial charge in [-0.05, 0) is 48.9 Å². The number of aryl methyl sites for hydroxylation is 2. The van der Waals surface area contributed by atoms with Gasteiger partial charge >= 0.3 is 0 Å². The summed E-state index contributed by atoms with van der Waals surface area (Å²) in [6.07, 6.45) is 2.59. The number of sulfonamides is 1. The zero-order chi connectivity index (χ0) is 20.4. The van der Waals surface area contributed by atoms with Crippen molar-refractivity contribution in [1.29, 1.82) is 0 Å². The maximum atomic E-state index is 12.8. The number of carbonyl (C=O) groups is 1. The average Bonchev–Trinajstić information content (AvgIpc) is 3.18. The molecule has 2 aromatic carbocycles. The van der Waals surface area contributed by atoms with Crippen molar-refractivity contribution in [3.63, 3.8) is 0 Å². The van der Waals surface area contributed by atoms with E-state index >= 15 is 0 Å². The lowest BCUT2D eigenvalue weighted by molar-refractivity contribution is 0.102. The number of fused-ring (bicyclic) bond motifs is 1. The molecule has 0 fully saturated rings. The molecule has 1 aliphatic rings. The molecule has 3 aromatic rings. The highest BCUT2D eigenvalue weighted by molar-refractivity contribution is 7.91. The van der Waals surface area contributed by atoms with Gasteiger partial charge in [0.1, 0.15) is 0 Å². The fourth-order valence-corrected chi connectivity index (χ4v) is 5.64. The number of nitrogens with zero attached hydrogens (tertiary/aromatic N) is 2. The van der Waals surface area contributed by atoms with Crippen molar-refractivity contribution in [2.45, 2.75) is 36.6 Å². The summed E-state index contributed by atoms with van der Waals surface area (Å²) in [7, 11) is -3.85. The zero-order valence-electron chi connectivity index (χ0n) is 15.8. The maximum absolute atomic E-state index is 12.8. The first-order valence-corrected chi connectivity index (χ1v) is 11.5. The second-order valence-corrected chi connectivity index (χ2v) is 9.77. The van der Waals surface area contributed by atoms with E-state index in [2.05, 4.69) is 20.2 Å². The van der Waals surface area contributed by atoms with Crippen LogP contribution in [0.4, 0.5) is 5.13 Å². The Balaban J connectivity index is 1.50. The van der Waals surface area contributed by atoms with Gasteiger partial charge in [0.15, 0.2) is 0 Å². The normalized spacial score (nSPS) is 16.2. The van der Waals surface area contributed by atoms with E-state index < -0.39 is 10.0 Å². The minimum Gasteiger partial charge on any atom is -0.296 e. The van der Waals surface area contributed by atoms with Gasteiger partial charge in [0.2, 0.25) is 9.47 Å². The third-order valence-corrected chi connectivity index (χ3v) is 7.59. The van der Waals surface area contributed by atoms with Crippen molar-refractivity contribution in [2.24, 2.45) is 0 Å². The van der Waals surface area contributed by atoms with Gasteiger partial charge in [0.25, 0.3) is 15.9 Å². The van der Waals surface area contributed by atoms with E-state index in [4.69, 9.17) is 0 Å². The number of carbonyl (C=O) groups excluding carboxylic acids is 1. The smallest absolute Gasteiger partial charge is 0.270 e. The fourth-order valence-electron chi connectivity index (χ4n) is 3.48. The lowest BCUT2D eigenvalue weighted by Crippen LogP contribution is -2.31. The summed E-state index contributed by atoms with van der Waals surface area (Å²) in [6.45, 7) is 1.83. The minimum absolute atomic E-state index is 0.141. The third kappa shape index (κ3) is 4.21. The van der Waals surface area contributed by atoms with Crippen LogP contribution in [0.5, 0.6) is 0 Å². The van der Waals surface area contributed by atoms with Crippen LogP contribution in [0.1, 0.15) is 45.9 Å². The van der Waals surface area contributed by atoms with Crippen molar-refractivity contribution in [1.82, 2.24) is 14.9 Å². The molecule has 1 aromatic heterocycles. The van der Waals surface area contributed by atoms with E-state index in [1.165, 1.54) is 0 Å². The van der Waals surface area contributed by atoms with Crippen LogP contribution in [0.25, 0.3) is 0 Å². The number of rotatable bonds is 5. The van der Waals surface area contributed by atoms with Gasteiger partial charge in [-0.15, -0.1) is 10.2 Å². The van der Waals surface area contributed by atoms with E-state index in [1.807, 2.05) is 43.3 Å². The molecule has 1 heterocycles. The highest BCUT2D eigenvalue weighted by Crippen LogP contribution is 2.31. The zero-order valence-corrected chi connectivity index (χ0v) is 17.4. The standard InChI is InChI=1S/C20H20N4O3S2/c1-13-7-2-4-10-15(13)18(25)21-19-22-23-20(28-19)29(26,27)24-17-12-6-9-14-8-3-5-11-16(14)17/h2-5,7-8,10-11,17,24H,6,9,12H2,1H3,(H,21,22,25). The molecule has 1 atom stereocenters. The number of benzene rings is 2. The molecule has 1 amide bonds. The Kier molecular flexibility index (Phi) is 5.44. The first-order valence-electron chi connectivity index (χ1n) is 9.25. The summed E-state index contributed by atoms with van der Waals surface area (Å²) in [5.74, 6) is -0.350. The number of hydrogen-bond acceptors (Lipinski definition) is 6. The molecule has 0 saturated carbocycles. The van der Waals surface area contributed by atoms with Crippen LogP contribution >= 0.6 is 11.3 Å². The molecular weight excluding hydrogens is 408 g/mol. The number of aromatic nitrogens is 2. The number of hydrogen-bond donors (Lipinski definition) is 2. The van der Waals surface area contributed by atoms with Gasteiger partial charge in [-0.1, -0.05) is 53.8 Å². The summed E-state index contributed by atoms with van der Waals surface area (Å²) in [5.41, 5.74) is 3.49. The minimum atomic E-state index is -3.85. The van der Waals surface area contributed by atoms with E-state index in [0.717, 1.165) is 47.3 Å². The number of amides is 1. The molecule has 29 heavy (non-hydrogen) atoms. The lowest BCUT2D eigenvalue weighted by Gasteiger charge is -2.25. The summed E-state index contributed by atoms with van der Waals surface area (Å²) in [5, 5.41) is 10.4. The molecule has 0 bridgehead atoms. The summed E-state index contributed by atoms with van der Waals surface area (Å²) < 4.78 is 28.2. The van der Waals surface area contributed by atoms with Crippen molar-refractivity contribution in [2.75, 3.05) is 5.32 Å². The van der Waals surface area contributed by atoms with E-state index in [1.54, 1.807) is 12.1 Å². The van der Waals surface area contributed by atoms with Crippen LogP contribution in [-0.4, -0.2) is 24.5 Å². The monoisotopic (exact) mass is 428 g/mol. The van der Waals surface area contributed by atoms with E-state index in [9.17, 15) is 13.2 Å². The predicted octanol–water partition coefficient (Wildman–Crippen LogP) is 3.45. The Labute approximate surface area is 173 Å².